The minimum atomic E-state index is -4.49. The molecule has 3 rings (SSSR count). The molecule has 0 saturated heterocycles. The second-order valence-corrected chi connectivity index (χ2v) is 8.05. The second kappa shape index (κ2) is 10.5. The molecule has 0 aliphatic carbocycles. The van der Waals surface area contributed by atoms with E-state index in [0.29, 0.717) is 23.1 Å². The highest BCUT2D eigenvalue weighted by Crippen LogP contribution is 2.30. The third-order valence-corrected chi connectivity index (χ3v) is 5.60. The Hall–Kier alpha value is -3.34. The van der Waals surface area contributed by atoms with Gasteiger partial charge in [-0.3, -0.25) is 9.59 Å². The lowest BCUT2D eigenvalue weighted by molar-refractivity contribution is -0.137. The van der Waals surface area contributed by atoms with Crippen molar-refractivity contribution in [2.75, 3.05) is 11.1 Å². The van der Waals surface area contributed by atoms with Gasteiger partial charge in [-0.05, 0) is 44.2 Å². The van der Waals surface area contributed by atoms with Crippen LogP contribution in [0.15, 0.2) is 53.7 Å². The number of benzene rings is 2. The summed E-state index contributed by atoms with van der Waals surface area (Å²) in [4.78, 5) is 24.5. The van der Waals surface area contributed by atoms with E-state index in [1.807, 2.05) is 26.0 Å². The molecule has 0 bridgehead atoms. The van der Waals surface area contributed by atoms with Gasteiger partial charge in [0.05, 0.1) is 17.9 Å². The number of aryl methyl sites for hydroxylation is 1. The summed E-state index contributed by atoms with van der Waals surface area (Å²) in [5.41, 5.74) is 0.808. The van der Waals surface area contributed by atoms with E-state index in [4.69, 9.17) is 0 Å². The highest BCUT2D eigenvalue weighted by molar-refractivity contribution is 7.99. The molecule has 0 radical (unpaired) electrons. The van der Waals surface area contributed by atoms with Crippen molar-refractivity contribution in [3.63, 3.8) is 0 Å². The Kier molecular flexibility index (Phi) is 7.75. The van der Waals surface area contributed by atoms with Crippen LogP contribution in [0.1, 0.15) is 34.2 Å². The molecule has 0 spiro atoms. The maximum absolute atomic E-state index is 12.8. The number of hydrogen-bond acceptors (Lipinski definition) is 5. The zero-order valence-electron chi connectivity index (χ0n) is 17.9. The van der Waals surface area contributed by atoms with Crippen LogP contribution in [0.2, 0.25) is 0 Å². The summed E-state index contributed by atoms with van der Waals surface area (Å²) in [6.45, 7) is 4.48. The largest absolute Gasteiger partial charge is 0.416 e. The highest BCUT2D eigenvalue weighted by atomic mass is 32.2. The van der Waals surface area contributed by atoms with Gasteiger partial charge in [-0.1, -0.05) is 35.5 Å². The fourth-order valence-electron chi connectivity index (χ4n) is 2.94. The summed E-state index contributed by atoms with van der Waals surface area (Å²) in [6.07, 6.45) is -4.49. The number of nitrogens with zero attached hydrogens (tertiary/aromatic N) is 3. The molecule has 2 N–H and O–H groups in total. The number of rotatable bonds is 8. The van der Waals surface area contributed by atoms with Gasteiger partial charge in [0, 0.05) is 17.8 Å². The first-order valence-corrected chi connectivity index (χ1v) is 11.0. The Morgan fingerprint density at radius 3 is 2.48 bits per heavy atom. The molecular formula is C22H22F3N5O2S. The number of amides is 2. The van der Waals surface area contributed by atoms with Gasteiger partial charge in [0.1, 0.15) is 0 Å². The maximum Gasteiger partial charge on any atom is 0.416 e. The Labute approximate surface area is 192 Å². The van der Waals surface area contributed by atoms with Crippen LogP contribution in [0.5, 0.6) is 0 Å². The van der Waals surface area contributed by atoms with E-state index in [2.05, 4.69) is 20.8 Å². The quantitative estimate of drug-likeness (QED) is 0.473. The number of halogens is 3. The minimum absolute atomic E-state index is 0.0619. The third kappa shape index (κ3) is 6.58. The summed E-state index contributed by atoms with van der Waals surface area (Å²) >= 11 is 1.10. The number of hydrogen-bond donors (Lipinski definition) is 2. The molecule has 2 amide bonds. The van der Waals surface area contributed by atoms with E-state index < -0.39 is 17.6 Å². The molecule has 0 atom stereocenters. The first-order chi connectivity index (χ1) is 15.7. The van der Waals surface area contributed by atoms with E-state index in [9.17, 15) is 22.8 Å². The van der Waals surface area contributed by atoms with Crippen molar-refractivity contribution in [1.82, 2.24) is 20.1 Å². The summed E-state index contributed by atoms with van der Waals surface area (Å²) in [5.74, 6) is -0.252. The lowest BCUT2D eigenvalue weighted by Gasteiger charge is -2.10. The van der Waals surface area contributed by atoms with Gasteiger partial charge in [0.2, 0.25) is 5.91 Å². The van der Waals surface area contributed by atoms with Gasteiger partial charge in [-0.15, -0.1) is 10.2 Å². The van der Waals surface area contributed by atoms with E-state index in [-0.39, 0.29) is 23.9 Å². The van der Waals surface area contributed by atoms with Crippen molar-refractivity contribution in [2.45, 2.75) is 38.3 Å². The molecule has 0 fully saturated rings. The van der Waals surface area contributed by atoms with Crippen LogP contribution in [0.4, 0.5) is 18.9 Å². The van der Waals surface area contributed by atoms with Crippen LogP contribution in [0.25, 0.3) is 0 Å². The fourth-order valence-corrected chi connectivity index (χ4v) is 3.76. The van der Waals surface area contributed by atoms with Gasteiger partial charge in [0.15, 0.2) is 11.0 Å². The molecule has 0 aliphatic rings. The molecule has 7 nitrogen and oxygen atoms in total. The van der Waals surface area contributed by atoms with Crippen molar-refractivity contribution in [3.05, 3.63) is 71.0 Å². The van der Waals surface area contributed by atoms with Crippen LogP contribution in [0, 0.1) is 6.92 Å². The van der Waals surface area contributed by atoms with E-state index in [1.165, 1.54) is 12.1 Å². The van der Waals surface area contributed by atoms with Gasteiger partial charge >= 0.3 is 6.18 Å². The molecule has 2 aromatic carbocycles. The van der Waals surface area contributed by atoms with Gasteiger partial charge in [-0.25, -0.2) is 0 Å². The van der Waals surface area contributed by atoms with Crippen LogP contribution in [-0.4, -0.2) is 32.3 Å². The molecule has 0 aliphatic heterocycles. The molecule has 1 heterocycles. The number of carbonyl (C=O) groups excluding carboxylic acids is 2. The molecule has 11 heteroatoms. The SMILES string of the molecule is CCn1c(CNC(=O)c2ccc(C)cc2)nnc1SCC(=O)Nc1cccc(C(F)(F)F)c1. The fraction of sp³-hybridized carbons (Fsp3) is 0.273. The molecular weight excluding hydrogens is 455 g/mol. The number of anilines is 1. The Bertz CT molecular complexity index is 1130. The Morgan fingerprint density at radius 2 is 1.82 bits per heavy atom. The maximum atomic E-state index is 12.8. The van der Waals surface area contributed by atoms with Gasteiger partial charge in [-0.2, -0.15) is 13.2 Å². The first kappa shape index (κ1) is 24.3. The highest BCUT2D eigenvalue weighted by Gasteiger charge is 2.30. The topological polar surface area (TPSA) is 88.9 Å². The van der Waals surface area contributed by atoms with Gasteiger partial charge < -0.3 is 15.2 Å². The van der Waals surface area contributed by atoms with Crippen molar-refractivity contribution < 1.29 is 22.8 Å². The number of thioether (sulfide) groups is 1. The molecule has 33 heavy (non-hydrogen) atoms. The second-order valence-electron chi connectivity index (χ2n) is 7.11. The van der Waals surface area contributed by atoms with Crippen LogP contribution >= 0.6 is 11.8 Å². The number of carbonyl (C=O) groups is 2. The van der Waals surface area contributed by atoms with Crippen molar-refractivity contribution in [2.24, 2.45) is 0 Å². The van der Waals surface area contributed by atoms with E-state index in [1.54, 1.807) is 16.7 Å². The molecule has 3 aromatic rings. The van der Waals surface area contributed by atoms with Gasteiger partial charge in [0.25, 0.3) is 5.91 Å². The van der Waals surface area contributed by atoms with E-state index >= 15 is 0 Å². The minimum Gasteiger partial charge on any atom is -0.345 e. The lowest BCUT2D eigenvalue weighted by atomic mass is 10.1. The van der Waals surface area contributed by atoms with Crippen molar-refractivity contribution in [1.29, 1.82) is 0 Å². The van der Waals surface area contributed by atoms with Crippen LogP contribution < -0.4 is 10.6 Å². The third-order valence-electron chi connectivity index (χ3n) is 4.64. The predicted octanol–water partition coefficient (Wildman–Crippen LogP) is 4.29. The average molecular weight is 478 g/mol. The van der Waals surface area contributed by atoms with Crippen molar-refractivity contribution in [3.8, 4) is 0 Å². The van der Waals surface area contributed by atoms with Crippen molar-refractivity contribution >= 4 is 29.3 Å². The molecule has 0 unspecified atom stereocenters. The number of alkyl halides is 3. The summed E-state index contributed by atoms with van der Waals surface area (Å²) in [5, 5.41) is 13.9. The zero-order chi connectivity index (χ0) is 24.0. The molecule has 0 saturated carbocycles. The standard InChI is InChI=1S/C22H22F3N5O2S/c1-3-30-18(12-26-20(32)15-9-7-14(2)8-10-15)28-29-21(30)33-13-19(31)27-17-6-4-5-16(11-17)22(23,24)25/h4-11H,3,12-13H2,1-2H3,(H,26,32)(H,27,31). The average Bonchev–Trinajstić information content (AvgIpc) is 3.18. The Morgan fingerprint density at radius 1 is 1.09 bits per heavy atom. The smallest absolute Gasteiger partial charge is 0.345 e. The first-order valence-electron chi connectivity index (χ1n) is 10.0. The molecule has 1 aromatic heterocycles. The normalized spacial score (nSPS) is 11.3. The van der Waals surface area contributed by atoms with E-state index in [0.717, 1.165) is 29.5 Å². The summed E-state index contributed by atoms with van der Waals surface area (Å²) in [6, 6.07) is 11.6. The zero-order valence-corrected chi connectivity index (χ0v) is 18.8. The summed E-state index contributed by atoms with van der Waals surface area (Å²) < 4.78 is 40.2. The summed E-state index contributed by atoms with van der Waals surface area (Å²) in [7, 11) is 0. The predicted molar refractivity (Wildman–Crippen MR) is 119 cm³/mol. The lowest BCUT2D eigenvalue weighted by Crippen LogP contribution is -2.24. The molecule has 174 valence electrons. The number of nitrogens with one attached hydrogen (secondary N) is 2. The van der Waals surface area contributed by atoms with Crippen LogP contribution in [-0.2, 0) is 24.1 Å². The monoisotopic (exact) mass is 477 g/mol. The Balaban J connectivity index is 1.57. The van der Waals surface area contributed by atoms with Crippen LogP contribution in [0.3, 0.4) is 0 Å². The number of aromatic nitrogens is 3.